The maximum Gasteiger partial charge on any atom is 0.185 e. The molecular weight excluding hydrogens is 320 g/mol. The third-order valence-corrected chi connectivity index (χ3v) is 5.21. The van der Waals surface area contributed by atoms with Crippen molar-refractivity contribution in [2.24, 2.45) is 0 Å². The van der Waals surface area contributed by atoms with Crippen LogP contribution in [0.1, 0.15) is 94.6 Å². The minimum Gasteiger partial charge on any atom is -0.389 e. The van der Waals surface area contributed by atoms with Crippen molar-refractivity contribution in [3.05, 3.63) is 34.4 Å². The van der Waals surface area contributed by atoms with Crippen LogP contribution >= 0.6 is 11.8 Å². The van der Waals surface area contributed by atoms with Crippen molar-refractivity contribution >= 4 is 16.9 Å². The maximum atomic E-state index is 11.1. The van der Waals surface area contributed by atoms with Crippen LogP contribution in [0.4, 0.5) is 0 Å². The van der Waals surface area contributed by atoms with E-state index in [-0.39, 0.29) is 22.7 Å². The predicted molar refractivity (Wildman–Crippen MR) is 103 cm³/mol. The molecule has 0 heterocycles. The summed E-state index contributed by atoms with van der Waals surface area (Å²) < 4.78 is 0. The van der Waals surface area contributed by atoms with Crippen LogP contribution in [0.3, 0.4) is 0 Å². The third kappa shape index (κ3) is 5.33. The second kappa shape index (κ2) is 9.02. The first-order valence-electron chi connectivity index (χ1n) is 8.73. The van der Waals surface area contributed by atoms with Gasteiger partial charge in [-0.25, -0.2) is 0 Å². The van der Waals surface area contributed by atoms with Crippen molar-refractivity contribution in [3.8, 4) is 0 Å². The highest BCUT2D eigenvalue weighted by atomic mass is 32.2. The zero-order chi connectivity index (χ0) is 18.6. The standard InChI is InChI=1S/C20H32O3S/c1-11(2)15-8-16(12(3)4)19(17(9-15)13(5)6)20(23)18(22)10-24-14(7)21/h8-9,11-13,18,20,22-23H,10H2,1-7H3. The largest absolute Gasteiger partial charge is 0.389 e. The number of hydrogen-bond donors (Lipinski definition) is 2. The van der Waals surface area contributed by atoms with Crippen LogP contribution in [0.25, 0.3) is 0 Å². The molecule has 24 heavy (non-hydrogen) atoms. The maximum absolute atomic E-state index is 11.1. The number of benzene rings is 1. The molecule has 1 aromatic carbocycles. The lowest BCUT2D eigenvalue weighted by molar-refractivity contribution is -0.109. The Hall–Kier alpha value is -0.840. The fourth-order valence-electron chi connectivity index (χ4n) is 2.84. The molecule has 2 N–H and O–H groups in total. The SMILES string of the molecule is CC(=O)SCC(O)C(O)c1c(C(C)C)cc(C(C)C)cc1C(C)C. The van der Waals surface area contributed by atoms with Gasteiger partial charge < -0.3 is 10.2 Å². The van der Waals surface area contributed by atoms with Gasteiger partial charge in [-0.05, 0) is 40.0 Å². The van der Waals surface area contributed by atoms with E-state index in [0.717, 1.165) is 28.5 Å². The van der Waals surface area contributed by atoms with Crippen LogP contribution in [0, 0.1) is 0 Å². The van der Waals surface area contributed by atoms with Gasteiger partial charge in [0.2, 0.25) is 0 Å². The molecule has 0 bridgehead atoms. The Morgan fingerprint density at radius 1 is 0.958 bits per heavy atom. The highest BCUT2D eigenvalue weighted by Gasteiger charge is 2.27. The molecule has 3 nitrogen and oxygen atoms in total. The molecule has 0 aliphatic carbocycles. The van der Waals surface area contributed by atoms with Crippen LogP contribution in [-0.4, -0.2) is 27.2 Å². The van der Waals surface area contributed by atoms with E-state index in [1.54, 1.807) is 0 Å². The monoisotopic (exact) mass is 352 g/mol. The number of aliphatic hydroxyl groups is 2. The Morgan fingerprint density at radius 2 is 1.42 bits per heavy atom. The van der Waals surface area contributed by atoms with E-state index in [1.807, 2.05) is 0 Å². The number of carbonyl (C=O) groups is 1. The molecule has 0 aliphatic heterocycles. The molecule has 0 fully saturated rings. The van der Waals surface area contributed by atoms with Crippen molar-refractivity contribution in [1.29, 1.82) is 0 Å². The van der Waals surface area contributed by atoms with Crippen LogP contribution in [0.2, 0.25) is 0 Å². The molecule has 0 saturated carbocycles. The van der Waals surface area contributed by atoms with Gasteiger partial charge in [0.25, 0.3) is 0 Å². The fraction of sp³-hybridized carbons (Fsp3) is 0.650. The predicted octanol–water partition coefficient (Wildman–Crippen LogP) is 4.73. The summed E-state index contributed by atoms with van der Waals surface area (Å²) in [5.41, 5.74) is 4.26. The molecule has 0 amide bonds. The minimum atomic E-state index is -0.979. The molecule has 0 saturated heterocycles. The molecule has 1 aromatic rings. The Morgan fingerprint density at radius 3 is 1.75 bits per heavy atom. The lowest BCUT2D eigenvalue weighted by Gasteiger charge is -2.28. The van der Waals surface area contributed by atoms with Crippen LogP contribution in [0.15, 0.2) is 12.1 Å². The Balaban J connectivity index is 3.39. The molecule has 0 radical (unpaired) electrons. The highest BCUT2D eigenvalue weighted by Crippen LogP contribution is 2.37. The van der Waals surface area contributed by atoms with Crippen molar-refractivity contribution in [2.45, 2.75) is 78.4 Å². The van der Waals surface area contributed by atoms with Crippen molar-refractivity contribution < 1.29 is 15.0 Å². The Labute approximate surface area is 150 Å². The summed E-state index contributed by atoms with van der Waals surface area (Å²) >= 11 is 1.05. The van der Waals surface area contributed by atoms with Gasteiger partial charge in [0.1, 0.15) is 6.10 Å². The molecule has 2 unspecified atom stereocenters. The summed E-state index contributed by atoms with van der Waals surface area (Å²) in [6.45, 7) is 14.2. The lowest BCUT2D eigenvalue weighted by Crippen LogP contribution is -2.24. The molecule has 136 valence electrons. The van der Waals surface area contributed by atoms with E-state index in [9.17, 15) is 15.0 Å². The zero-order valence-corrected chi connectivity index (χ0v) is 16.8. The second-order valence-electron chi connectivity index (χ2n) is 7.39. The van der Waals surface area contributed by atoms with Gasteiger partial charge in [-0.2, -0.15) is 0 Å². The van der Waals surface area contributed by atoms with E-state index in [1.165, 1.54) is 12.5 Å². The van der Waals surface area contributed by atoms with Crippen molar-refractivity contribution in [3.63, 3.8) is 0 Å². The van der Waals surface area contributed by atoms with E-state index < -0.39 is 12.2 Å². The summed E-state index contributed by atoms with van der Waals surface area (Å²) in [7, 11) is 0. The summed E-state index contributed by atoms with van der Waals surface area (Å²) in [5, 5.41) is 21.2. The first kappa shape index (κ1) is 21.2. The van der Waals surface area contributed by atoms with E-state index in [4.69, 9.17) is 0 Å². The van der Waals surface area contributed by atoms with Crippen LogP contribution < -0.4 is 0 Å². The first-order chi connectivity index (χ1) is 11.1. The summed E-state index contributed by atoms with van der Waals surface area (Å²) in [6, 6.07) is 4.31. The molecule has 0 spiro atoms. The van der Waals surface area contributed by atoms with E-state index in [0.29, 0.717) is 5.92 Å². The first-order valence-corrected chi connectivity index (χ1v) is 9.71. The number of aliphatic hydroxyl groups excluding tert-OH is 2. The fourth-order valence-corrected chi connectivity index (χ4v) is 3.43. The van der Waals surface area contributed by atoms with Gasteiger partial charge >= 0.3 is 0 Å². The number of hydrogen-bond acceptors (Lipinski definition) is 4. The molecule has 2 atom stereocenters. The molecule has 1 rings (SSSR count). The normalized spacial score (nSPS) is 14.5. The quantitative estimate of drug-likeness (QED) is 0.745. The van der Waals surface area contributed by atoms with Crippen LogP contribution in [-0.2, 0) is 4.79 Å². The van der Waals surface area contributed by atoms with Crippen molar-refractivity contribution in [1.82, 2.24) is 0 Å². The topological polar surface area (TPSA) is 57.5 Å². The van der Waals surface area contributed by atoms with Gasteiger partial charge in [0.05, 0.1) is 6.10 Å². The molecule has 4 heteroatoms. The molecule has 0 aromatic heterocycles. The third-order valence-electron chi connectivity index (χ3n) is 4.29. The van der Waals surface area contributed by atoms with Gasteiger partial charge in [-0.3, -0.25) is 4.79 Å². The van der Waals surface area contributed by atoms with Gasteiger partial charge in [-0.15, -0.1) is 0 Å². The average Bonchev–Trinajstić information content (AvgIpc) is 2.49. The lowest BCUT2D eigenvalue weighted by atomic mass is 9.81. The Bertz CT molecular complexity index is 535. The summed E-state index contributed by atoms with van der Waals surface area (Å²) in [5.74, 6) is 1.11. The van der Waals surface area contributed by atoms with Gasteiger partial charge in [0.15, 0.2) is 5.12 Å². The summed E-state index contributed by atoms with van der Waals surface area (Å²) in [4.78, 5) is 11.1. The number of carbonyl (C=O) groups excluding carboxylic acids is 1. The molecule has 0 aliphatic rings. The van der Waals surface area contributed by atoms with Gasteiger partial charge in [-0.1, -0.05) is 65.4 Å². The average molecular weight is 353 g/mol. The van der Waals surface area contributed by atoms with Crippen molar-refractivity contribution in [2.75, 3.05) is 5.75 Å². The van der Waals surface area contributed by atoms with Gasteiger partial charge in [0, 0.05) is 12.7 Å². The molecular formula is C20H32O3S. The zero-order valence-electron chi connectivity index (χ0n) is 16.0. The summed E-state index contributed by atoms with van der Waals surface area (Å²) in [6.07, 6.45) is -1.94. The number of thioether (sulfide) groups is 1. The van der Waals surface area contributed by atoms with E-state index >= 15 is 0 Å². The number of rotatable bonds is 7. The highest BCUT2D eigenvalue weighted by molar-refractivity contribution is 8.13. The van der Waals surface area contributed by atoms with Crippen LogP contribution in [0.5, 0.6) is 0 Å². The Kier molecular flexibility index (Phi) is 7.97. The smallest absolute Gasteiger partial charge is 0.185 e. The second-order valence-corrected chi connectivity index (χ2v) is 8.59. The minimum absolute atomic E-state index is 0.0513. The van der Waals surface area contributed by atoms with E-state index in [2.05, 4.69) is 53.7 Å².